The minimum absolute atomic E-state index is 0.00157. The van der Waals surface area contributed by atoms with Crippen LogP contribution in [0.3, 0.4) is 0 Å². The highest BCUT2D eigenvalue weighted by molar-refractivity contribution is 6.31. The average Bonchev–Trinajstić information content (AvgIpc) is 3.12. The van der Waals surface area contributed by atoms with E-state index in [1.165, 1.54) is 10.6 Å². The van der Waals surface area contributed by atoms with E-state index in [2.05, 4.69) is 4.98 Å². The first-order valence-corrected chi connectivity index (χ1v) is 10.4. The molecule has 31 heavy (non-hydrogen) atoms. The fraction of sp³-hybridized carbons (Fsp3) is 0.286. The van der Waals surface area contributed by atoms with Crippen molar-refractivity contribution in [3.63, 3.8) is 0 Å². The van der Waals surface area contributed by atoms with Gasteiger partial charge in [-0.15, -0.1) is 11.6 Å². The van der Waals surface area contributed by atoms with Crippen molar-refractivity contribution in [2.45, 2.75) is 38.0 Å². The van der Waals surface area contributed by atoms with Gasteiger partial charge in [0.15, 0.2) is 11.4 Å². The number of carbonyl (C=O) groups excluding carboxylic acids is 1. The maximum atomic E-state index is 14.8. The second-order valence-electron chi connectivity index (χ2n) is 7.53. The predicted molar refractivity (Wildman–Crippen MR) is 109 cm³/mol. The molecule has 4 heterocycles. The maximum absolute atomic E-state index is 14.8. The Labute approximate surface area is 184 Å². The zero-order valence-electron chi connectivity index (χ0n) is 16.1. The minimum atomic E-state index is -1.97. The number of hydrogen-bond acceptors (Lipinski definition) is 5. The summed E-state index contributed by atoms with van der Waals surface area (Å²) < 4.78 is 35.3. The van der Waals surface area contributed by atoms with Crippen LogP contribution in [0.1, 0.15) is 35.6 Å². The summed E-state index contributed by atoms with van der Waals surface area (Å²) in [6.07, 6.45) is 0.00157. The summed E-state index contributed by atoms with van der Waals surface area (Å²) in [4.78, 5) is 29.8. The number of alkyl halides is 1. The van der Waals surface area contributed by atoms with Crippen LogP contribution < -0.4 is 5.56 Å². The number of hydrogen-bond donors (Lipinski definition) is 1. The van der Waals surface area contributed by atoms with Crippen molar-refractivity contribution in [3.8, 4) is 11.4 Å². The van der Waals surface area contributed by atoms with E-state index in [4.69, 9.17) is 27.9 Å². The molecule has 1 atom stereocenters. The predicted octanol–water partition coefficient (Wildman–Crippen LogP) is 3.75. The van der Waals surface area contributed by atoms with Crippen LogP contribution in [0.5, 0.6) is 0 Å². The van der Waals surface area contributed by atoms with Gasteiger partial charge in [0.05, 0.1) is 29.0 Å². The highest BCUT2D eigenvalue weighted by Crippen LogP contribution is 2.41. The molecule has 0 aliphatic carbocycles. The highest BCUT2D eigenvalue weighted by Gasteiger charge is 2.45. The van der Waals surface area contributed by atoms with Crippen LogP contribution in [0.4, 0.5) is 8.78 Å². The molecule has 0 saturated heterocycles. The maximum Gasteiger partial charge on any atom is 0.343 e. The molecular formula is C21H14Cl2F2N2O4. The third-order valence-electron chi connectivity index (χ3n) is 6.06. The molecule has 1 aromatic carbocycles. The van der Waals surface area contributed by atoms with Crippen molar-refractivity contribution < 1.29 is 23.4 Å². The number of nitrogens with zero attached hydrogens (tertiary/aromatic N) is 2. The smallest absolute Gasteiger partial charge is 0.343 e. The summed E-state index contributed by atoms with van der Waals surface area (Å²) in [7, 11) is 0. The molecule has 0 bridgehead atoms. The van der Waals surface area contributed by atoms with Crippen LogP contribution in [0, 0.1) is 11.6 Å². The third-order valence-corrected chi connectivity index (χ3v) is 6.67. The van der Waals surface area contributed by atoms with Crippen molar-refractivity contribution in [2.24, 2.45) is 0 Å². The summed E-state index contributed by atoms with van der Waals surface area (Å²) in [6.45, 7) is 1.38. The lowest BCUT2D eigenvalue weighted by Crippen LogP contribution is -2.44. The van der Waals surface area contributed by atoms with Crippen molar-refractivity contribution in [3.05, 3.63) is 61.4 Å². The van der Waals surface area contributed by atoms with E-state index < -0.39 is 33.8 Å². The van der Waals surface area contributed by atoms with Crippen molar-refractivity contribution in [1.29, 1.82) is 0 Å². The van der Waals surface area contributed by atoms with Crippen LogP contribution in [0.15, 0.2) is 16.9 Å². The normalized spacial score (nSPS) is 19.2. The van der Waals surface area contributed by atoms with Gasteiger partial charge in [0, 0.05) is 28.5 Å². The van der Waals surface area contributed by atoms with Crippen molar-refractivity contribution in [1.82, 2.24) is 9.55 Å². The summed E-state index contributed by atoms with van der Waals surface area (Å²) in [6, 6.07) is 2.53. The Bertz CT molecular complexity index is 1390. The van der Waals surface area contributed by atoms with Crippen LogP contribution >= 0.6 is 23.2 Å². The Balaban J connectivity index is 1.86. The summed E-state index contributed by atoms with van der Waals surface area (Å²) >= 11 is 11.9. The molecule has 10 heteroatoms. The zero-order chi connectivity index (χ0) is 22.2. The molecule has 1 N–H and O–H groups in total. The number of pyridine rings is 2. The van der Waals surface area contributed by atoms with Crippen molar-refractivity contribution in [2.75, 3.05) is 0 Å². The Hall–Kier alpha value is -2.55. The molecule has 6 nitrogen and oxygen atoms in total. The quantitative estimate of drug-likeness (QED) is 0.276. The number of aliphatic hydroxyl groups is 1. The van der Waals surface area contributed by atoms with Crippen LogP contribution in [-0.4, -0.2) is 20.6 Å². The molecule has 0 saturated carbocycles. The van der Waals surface area contributed by atoms with Crippen LogP contribution in [0.2, 0.25) is 5.02 Å². The molecule has 5 rings (SSSR count). The Morgan fingerprint density at radius 1 is 1.29 bits per heavy atom. The second kappa shape index (κ2) is 6.72. The zero-order valence-corrected chi connectivity index (χ0v) is 17.6. The largest absolute Gasteiger partial charge is 0.458 e. The molecule has 0 fully saturated rings. The van der Waals surface area contributed by atoms with E-state index in [0.717, 1.165) is 6.07 Å². The number of aromatic nitrogens is 2. The van der Waals surface area contributed by atoms with E-state index in [1.807, 2.05) is 0 Å². The number of fused-ring (bicyclic) bond motifs is 5. The van der Waals surface area contributed by atoms with E-state index in [9.17, 15) is 23.5 Å². The van der Waals surface area contributed by atoms with Crippen LogP contribution in [0.25, 0.3) is 22.3 Å². The van der Waals surface area contributed by atoms with Gasteiger partial charge < -0.3 is 14.4 Å². The average molecular weight is 467 g/mol. The molecule has 3 aromatic rings. The number of halogens is 4. The molecule has 0 radical (unpaired) electrons. The van der Waals surface area contributed by atoms with Gasteiger partial charge >= 0.3 is 5.97 Å². The molecule has 0 amide bonds. The van der Waals surface area contributed by atoms with E-state index in [1.54, 1.807) is 6.92 Å². The Morgan fingerprint density at radius 2 is 2.03 bits per heavy atom. The van der Waals surface area contributed by atoms with Gasteiger partial charge in [0.2, 0.25) is 0 Å². The lowest BCUT2D eigenvalue weighted by atomic mass is 9.86. The van der Waals surface area contributed by atoms with Gasteiger partial charge in [-0.3, -0.25) is 4.79 Å². The van der Waals surface area contributed by atoms with Gasteiger partial charge in [0.25, 0.3) is 5.56 Å². The highest BCUT2D eigenvalue weighted by atomic mass is 35.5. The first-order chi connectivity index (χ1) is 14.7. The lowest BCUT2D eigenvalue weighted by Gasteiger charge is -2.31. The Kier molecular flexibility index (Phi) is 4.41. The second-order valence-corrected chi connectivity index (χ2v) is 8.18. The third kappa shape index (κ3) is 2.55. The summed E-state index contributed by atoms with van der Waals surface area (Å²) in [5, 5.41) is 10.2. The standard InChI is InChI=1S/C21H14Cl2F2N2O4/c1-2-21(30)11-3-14-18-9(6-27(14)19(28)10(11)7-31-20(21)29)8(5-22)15-13(26-18)4-12(24)16(23)17(15)25/h3-4,30H,2,5-7H2,1H3/t21-/m0/s1. The number of esters is 1. The summed E-state index contributed by atoms with van der Waals surface area (Å²) in [5.74, 6) is -2.90. The number of rotatable bonds is 2. The molecular weight excluding hydrogens is 453 g/mol. The fourth-order valence-corrected chi connectivity index (χ4v) is 4.82. The van der Waals surface area contributed by atoms with Gasteiger partial charge in [-0.25, -0.2) is 18.6 Å². The topological polar surface area (TPSA) is 81.4 Å². The molecule has 2 aromatic heterocycles. The first kappa shape index (κ1) is 20.4. The van der Waals surface area contributed by atoms with Gasteiger partial charge in [0.1, 0.15) is 17.4 Å². The number of cyclic esters (lactones) is 1. The fourth-order valence-electron chi connectivity index (χ4n) is 4.38. The van der Waals surface area contributed by atoms with Crippen LogP contribution in [-0.2, 0) is 34.2 Å². The minimum Gasteiger partial charge on any atom is -0.458 e. The molecule has 2 aliphatic rings. The van der Waals surface area contributed by atoms with E-state index >= 15 is 0 Å². The molecule has 0 spiro atoms. The lowest BCUT2D eigenvalue weighted by molar-refractivity contribution is -0.172. The summed E-state index contributed by atoms with van der Waals surface area (Å²) in [5.41, 5.74) is -0.641. The molecule has 0 unspecified atom stereocenters. The monoisotopic (exact) mass is 466 g/mol. The van der Waals surface area contributed by atoms with Gasteiger partial charge in [-0.2, -0.15) is 0 Å². The van der Waals surface area contributed by atoms with Gasteiger partial charge in [-0.05, 0) is 18.1 Å². The molecule has 2 aliphatic heterocycles. The SMILES string of the molecule is CC[C@@]1(O)C(=O)OCc2c1cc1n(c2=O)Cc2c-1nc1cc(F)c(Cl)c(F)c1c2CCl. The first-order valence-electron chi connectivity index (χ1n) is 9.45. The number of ether oxygens (including phenoxy) is 1. The van der Waals surface area contributed by atoms with E-state index in [0.29, 0.717) is 22.5 Å². The van der Waals surface area contributed by atoms with Crippen molar-refractivity contribution >= 4 is 40.1 Å². The molecule has 160 valence electrons. The van der Waals surface area contributed by atoms with E-state index in [-0.39, 0.29) is 47.5 Å². The number of carbonyl (C=O) groups is 1. The Morgan fingerprint density at radius 3 is 2.71 bits per heavy atom. The van der Waals surface area contributed by atoms with Gasteiger partial charge in [-0.1, -0.05) is 18.5 Å². The number of benzene rings is 1.